The molecule has 0 saturated carbocycles. The first-order valence-electron chi connectivity index (χ1n) is 18.3. The second-order valence-electron chi connectivity index (χ2n) is 13.6. The van der Waals surface area contributed by atoms with E-state index in [1.807, 2.05) is 111 Å². The van der Waals surface area contributed by atoms with E-state index in [1.165, 1.54) is 5.56 Å². The van der Waals surface area contributed by atoms with Crippen molar-refractivity contribution in [3.63, 3.8) is 0 Å². The Morgan fingerprint density at radius 3 is 1.54 bits per heavy atom. The summed E-state index contributed by atoms with van der Waals surface area (Å²) in [5.74, 6) is 1.65. The molecule has 2 atom stereocenters. The second kappa shape index (κ2) is 20.3. The van der Waals surface area contributed by atoms with Crippen molar-refractivity contribution in [1.82, 2.24) is 9.97 Å². The molecule has 56 heavy (non-hydrogen) atoms. The van der Waals surface area contributed by atoms with Crippen molar-refractivity contribution in [3.05, 3.63) is 155 Å². The van der Waals surface area contributed by atoms with Gasteiger partial charge in [0, 0.05) is 50.5 Å². The maximum Gasteiger partial charge on any atom is 1.00 e. The fourth-order valence-corrected chi connectivity index (χ4v) is 6.73. The predicted molar refractivity (Wildman–Crippen MR) is 219 cm³/mol. The van der Waals surface area contributed by atoms with Gasteiger partial charge < -0.3 is 40.2 Å². The van der Waals surface area contributed by atoms with E-state index in [9.17, 15) is 5.11 Å². The van der Waals surface area contributed by atoms with Gasteiger partial charge in [0.25, 0.3) is 0 Å². The molecule has 2 aliphatic rings. The molecule has 0 bridgehead atoms. The van der Waals surface area contributed by atoms with E-state index < -0.39 is 0 Å². The first-order valence-corrected chi connectivity index (χ1v) is 18.3. The van der Waals surface area contributed by atoms with Gasteiger partial charge in [0.15, 0.2) is 0 Å². The maximum absolute atomic E-state index is 10.5. The maximum atomic E-state index is 10.5. The van der Waals surface area contributed by atoms with Gasteiger partial charge in [-0.2, -0.15) is 0 Å². The number of aromatic nitrogens is 2. The van der Waals surface area contributed by atoms with E-state index in [0.29, 0.717) is 17.5 Å². The number of aromatic hydroxyl groups is 1. The zero-order valence-electron chi connectivity index (χ0n) is 32.0. The quantitative estimate of drug-likeness (QED) is 0.0823. The van der Waals surface area contributed by atoms with Crippen LogP contribution in [0.5, 0.6) is 17.5 Å². The number of nitrogen functional groups attached to an aromatic ring is 1. The molecule has 4 heterocycles. The number of hydrogen-bond acceptors (Lipinski definition) is 11. The summed E-state index contributed by atoms with van der Waals surface area (Å²) in [6.07, 6.45) is 5.75. The van der Waals surface area contributed by atoms with Crippen molar-refractivity contribution in [1.29, 1.82) is 0 Å². The minimum atomic E-state index is 0. The van der Waals surface area contributed by atoms with Crippen molar-refractivity contribution >= 4 is 17.1 Å². The summed E-state index contributed by atoms with van der Waals surface area (Å²) in [7, 11) is 0. The summed E-state index contributed by atoms with van der Waals surface area (Å²) in [6.45, 7) is 7.39. The third-order valence-electron chi connectivity index (χ3n) is 9.53. The van der Waals surface area contributed by atoms with Gasteiger partial charge in [-0.25, -0.2) is 9.97 Å². The molecule has 3 N–H and O–H groups in total. The molecule has 2 fully saturated rings. The summed E-state index contributed by atoms with van der Waals surface area (Å²) >= 11 is 0. The van der Waals surface area contributed by atoms with Gasteiger partial charge >= 0.3 is 29.6 Å². The van der Waals surface area contributed by atoms with Gasteiger partial charge in [-0.1, -0.05) is 84.9 Å². The molecule has 0 aliphatic carbocycles. The van der Waals surface area contributed by atoms with Crippen molar-refractivity contribution in [2.75, 3.05) is 41.7 Å². The largest absolute Gasteiger partial charge is 1.00 e. The summed E-state index contributed by atoms with van der Waals surface area (Å²) < 4.78 is 12.0. The van der Waals surface area contributed by atoms with E-state index in [4.69, 9.17) is 25.3 Å². The minimum absolute atomic E-state index is 0. The van der Waals surface area contributed by atoms with Crippen LogP contribution in [0.25, 0.3) is 22.3 Å². The molecule has 0 unspecified atom stereocenters. The number of rotatable bonds is 8. The van der Waals surface area contributed by atoms with Crippen LogP contribution in [0.4, 0.5) is 17.1 Å². The minimum Gasteiger partial charge on any atom is -0.506 e. The first kappa shape index (κ1) is 41.5. The Morgan fingerprint density at radius 1 is 0.661 bits per heavy atom. The molecule has 4 aromatic carbocycles. The van der Waals surface area contributed by atoms with Crippen molar-refractivity contribution in [2.24, 2.45) is 5.34 Å². The Hall–Kier alpha value is -5.62. The molecule has 11 nitrogen and oxygen atoms in total. The van der Waals surface area contributed by atoms with E-state index in [1.54, 1.807) is 0 Å². The number of phenols is 1. The Morgan fingerprint density at radius 2 is 1.11 bits per heavy atom. The summed E-state index contributed by atoms with van der Waals surface area (Å²) in [4.78, 5) is 21.1. The molecule has 2 saturated heterocycles. The zero-order chi connectivity index (χ0) is 38.6. The molecule has 0 amide bonds. The first-order chi connectivity index (χ1) is 26.8. The Bertz CT molecular complexity index is 1980. The molecule has 2 aromatic heterocycles. The van der Waals surface area contributed by atoms with E-state index in [0.717, 1.165) is 89.2 Å². The Kier molecular flexibility index (Phi) is 15.1. The monoisotopic (exact) mass is 760 g/mol. The fraction of sp³-hybridized carbons (Fsp3) is 0.227. The molecule has 0 radical (unpaired) electrons. The van der Waals surface area contributed by atoms with Gasteiger partial charge in [-0.15, -0.1) is 5.34 Å². The van der Waals surface area contributed by atoms with Crippen LogP contribution in [0, 0.1) is 24.0 Å². The van der Waals surface area contributed by atoms with Crippen molar-refractivity contribution < 1.29 is 44.1 Å². The number of pyridine rings is 2. The van der Waals surface area contributed by atoms with Crippen molar-refractivity contribution in [2.45, 2.75) is 38.9 Å². The Balaban J connectivity index is 0.000000197. The topological polar surface area (TPSA) is 149 Å². The summed E-state index contributed by atoms with van der Waals surface area (Å²) in [5, 5.41) is 19.5. The van der Waals surface area contributed by atoms with Gasteiger partial charge in [-0.05, 0) is 71.5 Å². The molecule has 2 aliphatic heterocycles. The molecule has 8 rings (SSSR count). The van der Waals surface area contributed by atoms with Crippen LogP contribution in [-0.4, -0.2) is 53.5 Å². The average Bonchev–Trinajstić information content (AvgIpc) is 3.88. The van der Waals surface area contributed by atoms with E-state index in [2.05, 4.69) is 56.2 Å². The number of nitrogens with zero attached hydrogens (tertiary/aromatic N) is 5. The van der Waals surface area contributed by atoms with Crippen LogP contribution in [0.3, 0.4) is 0 Å². The normalized spacial score (nSPS) is 15.7. The smallest absolute Gasteiger partial charge is 0.506 e. The van der Waals surface area contributed by atoms with Crippen LogP contribution in [0.15, 0.2) is 139 Å². The van der Waals surface area contributed by atoms with Gasteiger partial charge in [0.05, 0.1) is 30.2 Å². The Labute approximate surface area is 350 Å². The summed E-state index contributed by atoms with van der Waals surface area (Å²) in [6, 6.07) is 40.4. The number of ether oxygens (including phenoxy) is 2. The third kappa shape index (κ3) is 11.2. The van der Waals surface area contributed by atoms with E-state index in [-0.39, 0.29) is 41.8 Å². The average molecular weight is 761 g/mol. The molecule has 6 aromatic rings. The molecule has 12 heteroatoms. The SMILES string of the molecule is Cc1ccc(O[C@@H]2CCN(c3ccc(-c4ccccc4)cc3N)C2)nc1.Cc1ccc(O[C@@H]2CCN(c3ccc(-c4ccccc4)cc3O)C2)nc1.O=N[O-].[Na+]. The second-order valence-corrected chi connectivity index (χ2v) is 13.6. The predicted octanol–water partition coefficient (Wildman–Crippen LogP) is 5.97. The number of nitrogens with two attached hydrogens (primary N) is 1. The standard InChI is InChI=1S/C22H23N3O.C22H22N2O2.HNO2.Na/c1-16-7-10-22(24-14-16)26-19-11-12-25(15-19)21-9-8-18(13-20(21)23)17-5-3-2-4-6-17;1-16-7-10-22(23-14-16)26-19-11-12-24(15-19)20-9-8-18(13-21(20)25)17-5-3-2-4-6-17;2-1-3;/h2-10,13-14,19H,11-12,15,23H2,1H3;2-10,13-14,19,25H,11-12,15H2,1H3;(H,2,3);/q;;;+1/p-1/t2*19-;;/m11../s1. The molecular weight excluding hydrogens is 716 g/mol. The van der Waals surface area contributed by atoms with Gasteiger partial charge in [-0.3, -0.25) is 0 Å². The number of hydrogen-bond donors (Lipinski definition) is 2. The van der Waals surface area contributed by atoms with Gasteiger partial charge in [0.2, 0.25) is 11.8 Å². The van der Waals surface area contributed by atoms with Crippen LogP contribution in [0.2, 0.25) is 0 Å². The number of benzene rings is 4. The molecule has 282 valence electrons. The summed E-state index contributed by atoms with van der Waals surface area (Å²) in [5.41, 5.74) is 15.8. The number of phenolic OH excluding ortho intramolecular Hbond substituents is 1. The zero-order valence-corrected chi connectivity index (χ0v) is 34.0. The molecule has 0 spiro atoms. The number of anilines is 3. The molecular formula is C44H45N6NaO5. The third-order valence-corrected chi connectivity index (χ3v) is 9.53. The number of aryl methyl sites for hydroxylation is 2. The van der Waals surface area contributed by atoms with Crippen LogP contribution < -0.4 is 54.6 Å². The van der Waals surface area contributed by atoms with E-state index >= 15 is 0 Å². The van der Waals surface area contributed by atoms with Crippen LogP contribution >= 0.6 is 0 Å². The van der Waals surface area contributed by atoms with Crippen molar-refractivity contribution in [3.8, 4) is 39.8 Å². The van der Waals surface area contributed by atoms with Crippen LogP contribution in [-0.2, 0) is 0 Å². The van der Waals surface area contributed by atoms with Gasteiger partial charge in [0.1, 0.15) is 18.0 Å². The van der Waals surface area contributed by atoms with Crippen LogP contribution in [0.1, 0.15) is 24.0 Å². The fourth-order valence-electron chi connectivity index (χ4n) is 6.73.